The number of aliphatic carboxylic acids is 1. The standard InChI is InChI=1S/C8H17NO3/c1-5(2)3-6(9)7(10)4-8(11)12/h5-7,10H,3-4,9H2,1-2H3,(H,11,12)/t6-,7+/m1/s1. The summed E-state index contributed by atoms with van der Waals surface area (Å²) in [6.07, 6.45) is -0.549. The maximum absolute atomic E-state index is 10.2. The molecule has 0 aliphatic carbocycles. The number of aliphatic hydroxyl groups excluding tert-OH is 1. The number of hydrogen-bond donors (Lipinski definition) is 3. The highest BCUT2D eigenvalue weighted by Gasteiger charge is 2.18. The molecule has 0 aromatic heterocycles. The van der Waals surface area contributed by atoms with Gasteiger partial charge in [0.15, 0.2) is 0 Å². The molecule has 4 nitrogen and oxygen atoms in total. The van der Waals surface area contributed by atoms with Crippen LogP contribution in [0, 0.1) is 5.92 Å². The van der Waals surface area contributed by atoms with E-state index < -0.39 is 18.1 Å². The van der Waals surface area contributed by atoms with E-state index in [0.29, 0.717) is 12.3 Å². The molecule has 0 saturated carbocycles. The van der Waals surface area contributed by atoms with Gasteiger partial charge in [0.1, 0.15) is 0 Å². The maximum Gasteiger partial charge on any atom is 0.306 e. The van der Waals surface area contributed by atoms with Crippen LogP contribution in [0.2, 0.25) is 0 Å². The molecule has 2 atom stereocenters. The van der Waals surface area contributed by atoms with E-state index in [1.807, 2.05) is 13.8 Å². The van der Waals surface area contributed by atoms with Crippen molar-refractivity contribution in [2.24, 2.45) is 11.7 Å². The molecule has 0 heterocycles. The van der Waals surface area contributed by atoms with E-state index in [9.17, 15) is 9.90 Å². The van der Waals surface area contributed by atoms with Gasteiger partial charge in [0.25, 0.3) is 0 Å². The summed E-state index contributed by atoms with van der Waals surface area (Å²) < 4.78 is 0. The molecule has 0 saturated heterocycles. The average Bonchev–Trinajstić information content (AvgIpc) is 1.84. The summed E-state index contributed by atoms with van der Waals surface area (Å²) >= 11 is 0. The Bertz CT molecular complexity index is 147. The third kappa shape index (κ3) is 5.09. The van der Waals surface area contributed by atoms with Crippen LogP contribution in [0.4, 0.5) is 0 Å². The summed E-state index contributed by atoms with van der Waals surface area (Å²) in [4.78, 5) is 10.2. The molecule has 0 aliphatic rings. The molecule has 12 heavy (non-hydrogen) atoms. The topological polar surface area (TPSA) is 83.5 Å². The van der Waals surface area contributed by atoms with Crippen LogP contribution >= 0.6 is 0 Å². The molecule has 0 bridgehead atoms. The normalized spacial score (nSPS) is 16.1. The molecular weight excluding hydrogens is 158 g/mol. The van der Waals surface area contributed by atoms with E-state index in [1.165, 1.54) is 0 Å². The van der Waals surface area contributed by atoms with Crippen LogP contribution in [0.25, 0.3) is 0 Å². The molecule has 0 unspecified atom stereocenters. The lowest BCUT2D eigenvalue weighted by atomic mass is 9.98. The number of nitrogens with two attached hydrogens (primary N) is 1. The first kappa shape index (κ1) is 11.4. The Morgan fingerprint density at radius 2 is 2.00 bits per heavy atom. The fraction of sp³-hybridized carbons (Fsp3) is 0.875. The third-order valence-electron chi connectivity index (χ3n) is 1.62. The molecule has 4 N–H and O–H groups in total. The Hall–Kier alpha value is -0.610. The van der Waals surface area contributed by atoms with E-state index in [0.717, 1.165) is 0 Å². The molecule has 0 radical (unpaired) electrons. The van der Waals surface area contributed by atoms with Crippen LogP contribution in [-0.2, 0) is 4.79 Å². The van der Waals surface area contributed by atoms with Crippen molar-refractivity contribution in [3.8, 4) is 0 Å². The lowest BCUT2D eigenvalue weighted by molar-refractivity contribution is -0.139. The van der Waals surface area contributed by atoms with Crippen LogP contribution in [0.1, 0.15) is 26.7 Å². The van der Waals surface area contributed by atoms with Gasteiger partial charge in [0, 0.05) is 6.04 Å². The molecule has 0 fully saturated rings. The quantitative estimate of drug-likeness (QED) is 0.557. The molecular formula is C8H17NO3. The van der Waals surface area contributed by atoms with Gasteiger partial charge in [-0.3, -0.25) is 4.79 Å². The van der Waals surface area contributed by atoms with Gasteiger partial charge in [-0.05, 0) is 12.3 Å². The predicted octanol–water partition coefficient (Wildman–Crippen LogP) is 0.195. The third-order valence-corrected chi connectivity index (χ3v) is 1.62. The minimum atomic E-state index is -1.01. The summed E-state index contributed by atoms with van der Waals surface area (Å²) in [7, 11) is 0. The number of hydrogen-bond acceptors (Lipinski definition) is 3. The van der Waals surface area contributed by atoms with Gasteiger partial charge in [0.05, 0.1) is 12.5 Å². The van der Waals surface area contributed by atoms with Gasteiger partial charge in [-0.15, -0.1) is 0 Å². The largest absolute Gasteiger partial charge is 0.481 e. The first-order valence-electron chi connectivity index (χ1n) is 4.09. The lowest BCUT2D eigenvalue weighted by Crippen LogP contribution is -2.37. The highest BCUT2D eigenvalue weighted by Crippen LogP contribution is 2.08. The van der Waals surface area contributed by atoms with Gasteiger partial charge in [-0.1, -0.05) is 13.8 Å². The van der Waals surface area contributed by atoms with Crippen LogP contribution < -0.4 is 5.73 Å². The Morgan fingerprint density at radius 3 is 2.33 bits per heavy atom. The SMILES string of the molecule is CC(C)C[C@@H](N)[C@@H](O)CC(=O)O. The van der Waals surface area contributed by atoms with E-state index in [1.54, 1.807) is 0 Å². The molecule has 0 aliphatic heterocycles. The van der Waals surface area contributed by atoms with E-state index >= 15 is 0 Å². The zero-order valence-electron chi connectivity index (χ0n) is 7.53. The summed E-state index contributed by atoms with van der Waals surface area (Å²) in [5.74, 6) is -0.634. The van der Waals surface area contributed by atoms with Gasteiger partial charge in [-0.2, -0.15) is 0 Å². The molecule has 0 amide bonds. The fourth-order valence-corrected chi connectivity index (χ4v) is 1.03. The number of aliphatic hydroxyl groups is 1. The highest BCUT2D eigenvalue weighted by molar-refractivity contribution is 5.67. The fourth-order valence-electron chi connectivity index (χ4n) is 1.03. The second-order valence-electron chi connectivity index (χ2n) is 3.46. The monoisotopic (exact) mass is 175 g/mol. The minimum absolute atomic E-state index is 0.270. The Labute approximate surface area is 72.4 Å². The summed E-state index contributed by atoms with van der Waals surface area (Å²) in [6.45, 7) is 3.96. The Balaban J connectivity index is 3.76. The van der Waals surface area contributed by atoms with Crippen molar-refractivity contribution in [2.75, 3.05) is 0 Å². The minimum Gasteiger partial charge on any atom is -0.481 e. The van der Waals surface area contributed by atoms with Gasteiger partial charge < -0.3 is 15.9 Å². The van der Waals surface area contributed by atoms with Crippen molar-refractivity contribution < 1.29 is 15.0 Å². The lowest BCUT2D eigenvalue weighted by Gasteiger charge is -2.18. The van der Waals surface area contributed by atoms with E-state index in [-0.39, 0.29) is 6.42 Å². The maximum atomic E-state index is 10.2. The summed E-state index contributed by atoms with van der Waals surface area (Å²) in [5.41, 5.74) is 5.55. The number of carboxylic acids is 1. The van der Waals surface area contributed by atoms with Crippen molar-refractivity contribution in [1.82, 2.24) is 0 Å². The van der Waals surface area contributed by atoms with E-state index in [2.05, 4.69) is 0 Å². The van der Waals surface area contributed by atoms with Gasteiger partial charge in [-0.25, -0.2) is 0 Å². The molecule has 0 aromatic carbocycles. The van der Waals surface area contributed by atoms with Crippen LogP contribution in [-0.4, -0.2) is 28.3 Å². The Morgan fingerprint density at radius 1 is 1.50 bits per heavy atom. The smallest absolute Gasteiger partial charge is 0.306 e. The van der Waals surface area contributed by atoms with Crippen molar-refractivity contribution >= 4 is 5.97 Å². The van der Waals surface area contributed by atoms with Gasteiger partial charge in [0.2, 0.25) is 0 Å². The zero-order valence-corrected chi connectivity index (χ0v) is 7.53. The second-order valence-corrected chi connectivity index (χ2v) is 3.46. The average molecular weight is 175 g/mol. The van der Waals surface area contributed by atoms with Crippen LogP contribution in [0.3, 0.4) is 0 Å². The molecule has 0 spiro atoms. The van der Waals surface area contributed by atoms with Crippen molar-refractivity contribution in [3.05, 3.63) is 0 Å². The first-order chi connectivity index (χ1) is 5.43. The summed E-state index contributed by atoms with van der Waals surface area (Å²) in [5, 5.41) is 17.6. The van der Waals surface area contributed by atoms with E-state index in [4.69, 9.17) is 10.8 Å². The Kier molecular flexibility index (Phi) is 4.85. The van der Waals surface area contributed by atoms with Crippen molar-refractivity contribution in [3.63, 3.8) is 0 Å². The van der Waals surface area contributed by atoms with Crippen molar-refractivity contribution in [2.45, 2.75) is 38.8 Å². The van der Waals surface area contributed by atoms with Gasteiger partial charge >= 0.3 is 5.97 Å². The molecule has 0 rings (SSSR count). The summed E-state index contributed by atoms with van der Waals surface area (Å²) in [6, 6.07) is -0.430. The molecule has 0 aromatic rings. The highest BCUT2D eigenvalue weighted by atomic mass is 16.4. The first-order valence-corrected chi connectivity index (χ1v) is 4.09. The predicted molar refractivity (Wildman–Crippen MR) is 45.7 cm³/mol. The molecule has 72 valence electrons. The van der Waals surface area contributed by atoms with Crippen LogP contribution in [0.5, 0.6) is 0 Å². The number of carboxylic acid groups (broad SMARTS) is 1. The number of carbonyl (C=O) groups is 1. The second kappa shape index (κ2) is 5.11. The van der Waals surface area contributed by atoms with Crippen molar-refractivity contribution in [1.29, 1.82) is 0 Å². The molecule has 4 heteroatoms. The number of rotatable bonds is 5. The zero-order chi connectivity index (χ0) is 9.72. The van der Waals surface area contributed by atoms with Crippen LogP contribution in [0.15, 0.2) is 0 Å².